The lowest BCUT2D eigenvalue weighted by Crippen LogP contribution is -2.29. The Hall–Kier alpha value is -3.74. The molecule has 0 saturated heterocycles. The van der Waals surface area contributed by atoms with Crippen LogP contribution < -0.4 is 14.8 Å². The third-order valence-electron chi connectivity index (χ3n) is 6.36. The molecule has 3 aromatic rings. The molecule has 1 aromatic heterocycles. The molecule has 2 aromatic carbocycles. The Morgan fingerprint density at radius 3 is 2.41 bits per heavy atom. The first-order chi connectivity index (χ1) is 15.5. The van der Waals surface area contributed by atoms with E-state index in [1.807, 2.05) is 25.1 Å². The van der Waals surface area contributed by atoms with Gasteiger partial charge in [0.2, 0.25) is 11.6 Å². The first-order valence-corrected chi connectivity index (χ1v) is 10.5. The number of phenolic OH excluding ortho intramolecular Hbond substituents is 1. The molecule has 0 fully saturated rings. The van der Waals surface area contributed by atoms with Crippen LogP contribution in [-0.4, -0.2) is 30.3 Å². The number of phenols is 1. The molecule has 2 N–H and O–H groups in total. The number of methoxy groups -OCH3 is 2. The van der Waals surface area contributed by atoms with Gasteiger partial charge in [0.1, 0.15) is 0 Å². The molecule has 2 heterocycles. The van der Waals surface area contributed by atoms with Gasteiger partial charge in [0.05, 0.1) is 25.5 Å². The zero-order valence-corrected chi connectivity index (χ0v) is 18.1. The number of allylic oxidation sites excluding steroid dienone is 2. The highest BCUT2D eigenvalue weighted by Crippen LogP contribution is 2.51. The molecule has 0 bridgehead atoms. The normalized spacial score (nSPS) is 19.8. The molecule has 0 amide bonds. The number of rotatable bonds is 4. The second-order valence-electron chi connectivity index (χ2n) is 8.17. The molecule has 5 rings (SSSR count). The topological polar surface area (TPSA) is 93.8 Å². The summed E-state index contributed by atoms with van der Waals surface area (Å²) in [7, 11) is 2.97. The monoisotopic (exact) mass is 432 g/mol. The van der Waals surface area contributed by atoms with E-state index in [0.29, 0.717) is 30.0 Å². The van der Waals surface area contributed by atoms with Crippen molar-refractivity contribution in [3.05, 3.63) is 76.1 Å². The number of aromatic nitrogens is 1. The number of ketones is 1. The summed E-state index contributed by atoms with van der Waals surface area (Å²) in [6, 6.07) is 13.6. The number of hydrogen-bond acceptors (Lipinski definition) is 7. The molecule has 0 radical (unpaired) electrons. The third-order valence-corrected chi connectivity index (χ3v) is 6.36. The SMILES string of the molecule is COc1cc([C@H]2C3=C(C[C@@H](c4ccccc4)CC3=O)Nc3onc(C)c32)cc(OC)c1O. The Kier molecular flexibility index (Phi) is 4.89. The summed E-state index contributed by atoms with van der Waals surface area (Å²) in [6.07, 6.45) is 1.11. The van der Waals surface area contributed by atoms with Crippen LogP contribution in [0.4, 0.5) is 5.88 Å². The van der Waals surface area contributed by atoms with Crippen molar-refractivity contribution >= 4 is 11.7 Å². The van der Waals surface area contributed by atoms with E-state index < -0.39 is 5.92 Å². The van der Waals surface area contributed by atoms with Crippen molar-refractivity contribution in [2.24, 2.45) is 0 Å². The van der Waals surface area contributed by atoms with Gasteiger partial charge in [-0.05, 0) is 42.5 Å². The zero-order chi connectivity index (χ0) is 22.4. The number of ether oxygens (including phenoxy) is 2. The van der Waals surface area contributed by atoms with E-state index in [9.17, 15) is 9.90 Å². The first kappa shape index (κ1) is 20.2. The van der Waals surface area contributed by atoms with Crippen molar-refractivity contribution in [3.8, 4) is 17.2 Å². The fraction of sp³-hybridized carbons (Fsp3) is 0.280. The van der Waals surface area contributed by atoms with E-state index in [4.69, 9.17) is 14.0 Å². The highest BCUT2D eigenvalue weighted by Gasteiger charge is 2.41. The minimum atomic E-state index is -0.403. The average molecular weight is 432 g/mol. The predicted octanol–water partition coefficient (Wildman–Crippen LogP) is 4.66. The van der Waals surface area contributed by atoms with Gasteiger partial charge in [0.25, 0.3) is 0 Å². The van der Waals surface area contributed by atoms with Crippen LogP contribution in [-0.2, 0) is 4.79 Å². The molecular weight excluding hydrogens is 408 g/mol. The molecule has 7 nitrogen and oxygen atoms in total. The molecule has 7 heteroatoms. The number of hydrogen-bond donors (Lipinski definition) is 2. The molecule has 32 heavy (non-hydrogen) atoms. The smallest absolute Gasteiger partial charge is 0.233 e. The van der Waals surface area contributed by atoms with Crippen LogP contribution in [0, 0.1) is 6.92 Å². The molecule has 1 aliphatic heterocycles. The van der Waals surface area contributed by atoms with Crippen LogP contribution in [0.3, 0.4) is 0 Å². The number of fused-ring (bicyclic) bond motifs is 1. The van der Waals surface area contributed by atoms with E-state index in [0.717, 1.165) is 22.4 Å². The molecule has 2 aliphatic rings. The Morgan fingerprint density at radius 1 is 1.06 bits per heavy atom. The summed E-state index contributed by atoms with van der Waals surface area (Å²) in [5.74, 6) is 0.782. The highest BCUT2D eigenvalue weighted by molar-refractivity contribution is 6.01. The van der Waals surface area contributed by atoms with E-state index in [1.165, 1.54) is 14.2 Å². The summed E-state index contributed by atoms with van der Waals surface area (Å²) < 4.78 is 16.3. The van der Waals surface area contributed by atoms with Crippen LogP contribution >= 0.6 is 0 Å². The largest absolute Gasteiger partial charge is 0.502 e. The van der Waals surface area contributed by atoms with Crippen LogP contribution in [0.2, 0.25) is 0 Å². The molecular formula is C25H24N2O5. The van der Waals surface area contributed by atoms with Crippen molar-refractivity contribution in [1.82, 2.24) is 5.16 Å². The van der Waals surface area contributed by atoms with Crippen LogP contribution in [0.1, 0.15) is 47.1 Å². The summed E-state index contributed by atoms with van der Waals surface area (Å²) in [4.78, 5) is 13.6. The Labute approximate surface area is 185 Å². The number of nitrogens with zero attached hydrogens (tertiary/aromatic N) is 1. The number of anilines is 1. The van der Waals surface area contributed by atoms with Gasteiger partial charge in [-0.1, -0.05) is 35.5 Å². The van der Waals surface area contributed by atoms with Crippen molar-refractivity contribution in [3.63, 3.8) is 0 Å². The number of nitrogens with one attached hydrogen (secondary N) is 1. The van der Waals surface area contributed by atoms with Crippen molar-refractivity contribution < 1.29 is 23.9 Å². The number of aromatic hydroxyl groups is 1. The molecule has 0 spiro atoms. The summed E-state index contributed by atoms with van der Waals surface area (Å²) >= 11 is 0. The second kappa shape index (κ2) is 7.75. The molecule has 2 atom stereocenters. The van der Waals surface area contributed by atoms with Gasteiger partial charge in [0, 0.05) is 23.6 Å². The minimum Gasteiger partial charge on any atom is -0.502 e. The number of carbonyl (C=O) groups is 1. The van der Waals surface area contributed by atoms with Gasteiger partial charge in [0.15, 0.2) is 17.3 Å². The molecule has 0 unspecified atom stereocenters. The fourth-order valence-corrected chi connectivity index (χ4v) is 4.85. The van der Waals surface area contributed by atoms with E-state index in [1.54, 1.807) is 12.1 Å². The van der Waals surface area contributed by atoms with Gasteiger partial charge < -0.3 is 24.4 Å². The lowest BCUT2D eigenvalue weighted by molar-refractivity contribution is -0.116. The molecule has 164 valence electrons. The zero-order valence-electron chi connectivity index (χ0n) is 18.1. The number of Topliss-reactive ketones (excluding diaryl/α,β-unsaturated/α-hetero) is 1. The lowest BCUT2D eigenvalue weighted by atomic mass is 9.72. The molecule has 1 aliphatic carbocycles. The third kappa shape index (κ3) is 3.12. The molecule has 0 saturated carbocycles. The van der Waals surface area contributed by atoms with Crippen LogP contribution in [0.5, 0.6) is 17.2 Å². The van der Waals surface area contributed by atoms with Gasteiger partial charge >= 0.3 is 0 Å². The highest BCUT2D eigenvalue weighted by atomic mass is 16.5. The van der Waals surface area contributed by atoms with Gasteiger partial charge in [-0.15, -0.1) is 0 Å². The van der Waals surface area contributed by atoms with E-state index >= 15 is 0 Å². The van der Waals surface area contributed by atoms with E-state index in [-0.39, 0.29) is 28.9 Å². The van der Waals surface area contributed by atoms with Crippen molar-refractivity contribution in [2.75, 3.05) is 19.5 Å². The van der Waals surface area contributed by atoms with Crippen LogP contribution in [0.15, 0.2) is 58.3 Å². The van der Waals surface area contributed by atoms with Crippen LogP contribution in [0.25, 0.3) is 0 Å². The Balaban J connectivity index is 1.67. The predicted molar refractivity (Wildman–Crippen MR) is 118 cm³/mol. The summed E-state index contributed by atoms with van der Waals surface area (Å²) in [5, 5.41) is 17.9. The maximum absolute atomic E-state index is 13.6. The van der Waals surface area contributed by atoms with Crippen molar-refractivity contribution in [2.45, 2.75) is 31.6 Å². The maximum atomic E-state index is 13.6. The number of carbonyl (C=O) groups excluding carboxylic acids is 1. The number of benzene rings is 2. The summed E-state index contributed by atoms with van der Waals surface area (Å²) in [6.45, 7) is 1.86. The van der Waals surface area contributed by atoms with E-state index in [2.05, 4.69) is 22.6 Å². The maximum Gasteiger partial charge on any atom is 0.233 e. The average Bonchev–Trinajstić information content (AvgIpc) is 3.18. The Morgan fingerprint density at radius 2 is 1.75 bits per heavy atom. The standard InChI is InChI=1S/C25H24N2O5/c1-13-21-22(16-11-19(30-2)24(29)20(12-16)31-3)23-17(26-25(21)32-27-13)9-15(10-18(23)28)14-7-5-4-6-8-14/h4-8,11-12,15,22,26,29H,9-10H2,1-3H3/t15-,22-/m1/s1. The van der Waals surface area contributed by atoms with Gasteiger partial charge in [-0.25, -0.2) is 0 Å². The fourth-order valence-electron chi connectivity index (χ4n) is 4.85. The Bertz CT molecular complexity index is 1200. The van der Waals surface area contributed by atoms with Gasteiger partial charge in [-0.2, -0.15) is 0 Å². The van der Waals surface area contributed by atoms with Crippen molar-refractivity contribution in [1.29, 1.82) is 0 Å². The number of aryl methyl sites for hydroxylation is 1. The quantitative estimate of drug-likeness (QED) is 0.619. The lowest BCUT2D eigenvalue weighted by Gasteiger charge is -2.34. The van der Waals surface area contributed by atoms with Gasteiger partial charge in [-0.3, -0.25) is 4.79 Å². The second-order valence-corrected chi connectivity index (χ2v) is 8.17. The first-order valence-electron chi connectivity index (χ1n) is 10.5. The summed E-state index contributed by atoms with van der Waals surface area (Å²) in [5.41, 5.74) is 4.96. The minimum absolute atomic E-state index is 0.0786.